The SMILES string of the molecule is CCN(CC)CCN(C(=O)CCCSc1ccc(F)cc1)c1nc2ccc(S(C)(=O)=O)cc2s1.Cl. The minimum absolute atomic E-state index is 0. The van der Waals surface area contributed by atoms with Crippen LogP contribution in [0.25, 0.3) is 10.2 Å². The summed E-state index contributed by atoms with van der Waals surface area (Å²) in [7, 11) is -3.32. The van der Waals surface area contributed by atoms with Crippen molar-refractivity contribution in [2.24, 2.45) is 0 Å². The van der Waals surface area contributed by atoms with E-state index in [0.29, 0.717) is 30.0 Å². The Hall–Kier alpha value is -1.72. The van der Waals surface area contributed by atoms with Gasteiger partial charge in [0.05, 0.1) is 15.1 Å². The van der Waals surface area contributed by atoms with Gasteiger partial charge in [0.2, 0.25) is 5.91 Å². The topological polar surface area (TPSA) is 70.6 Å². The van der Waals surface area contributed by atoms with E-state index in [1.165, 1.54) is 29.7 Å². The molecule has 1 aromatic heterocycles. The number of nitrogens with zero attached hydrogens (tertiary/aromatic N) is 3. The first-order valence-corrected chi connectivity index (χ1v) is 14.9. The largest absolute Gasteiger partial charge is 0.302 e. The number of hydrogen-bond acceptors (Lipinski definition) is 7. The molecule has 0 saturated heterocycles. The Labute approximate surface area is 221 Å². The number of rotatable bonds is 12. The molecule has 3 rings (SSSR count). The number of benzene rings is 2. The van der Waals surface area contributed by atoms with Crippen molar-refractivity contribution in [2.75, 3.05) is 43.1 Å². The van der Waals surface area contributed by atoms with Crippen molar-refractivity contribution in [3.8, 4) is 0 Å². The minimum atomic E-state index is -3.32. The Kier molecular flexibility index (Phi) is 11.4. The third kappa shape index (κ3) is 8.42. The molecule has 11 heteroatoms. The molecule has 0 saturated carbocycles. The summed E-state index contributed by atoms with van der Waals surface area (Å²) in [6, 6.07) is 11.2. The number of carbonyl (C=O) groups is 1. The van der Waals surface area contributed by atoms with E-state index in [1.807, 2.05) is 0 Å². The number of hydrogen-bond donors (Lipinski definition) is 0. The van der Waals surface area contributed by atoms with E-state index in [-0.39, 0.29) is 29.0 Å². The molecule has 0 fully saturated rings. The Morgan fingerprint density at radius 1 is 1.09 bits per heavy atom. The number of aromatic nitrogens is 1. The standard InChI is InChI=1S/C24H30FN3O3S3.ClH/c1-4-27(5-2)14-15-28(23(29)7-6-16-32-19-10-8-18(25)9-11-19)24-26-21-13-12-20(34(3,30)31)17-22(21)33-24;/h8-13,17H,4-7,14-16H2,1-3H3;1H. The quantitative estimate of drug-likeness (QED) is 0.215. The van der Waals surface area contributed by atoms with Gasteiger partial charge in [0.25, 0.3) is 0 Å². The highest BCUT2D eigenvalue weighted by molar-refractivity contribution is 7.99. The van der Waals surface area contributed by atoms with Crippen molar-refractivity contribution >= 4 is 66.6 Å². The van der Waals surface area contributed by atoms with Crippen LogP contribution in [0, 0.1) is 5.82 Å². The highest BCUT2D eigenvalue weighted by Crippen LogP contribution is 2.31. The van der Waals surface area contributed by atoms with Gasteiger partial charge >= 0.3 is 0 Å². The molecule has 0 bridgehead atoms. The van der Waals surface area contributed by atoms with E-state index in [4.69, 9.17) is 0 Å². The van der Waals surface area contributed by atoms with Crippen molar-refractivity contribution < 1.29 is 17.6 Å². The second-order valence-corrected chi connectivity index (χ2v) is 12.1. The van der Waals surface area contributed by atoms with Crippen molar-refractivity contribution in [1.29, 1.82) is 0 Å². The molecule has 0 unspecified atom stereocenters. The Bertz CT molecular complexity index is 1220. The summed E-state index contributed by atoms with van der Waals surface area (Å²) in [4.78, 5) is 23.0. The van der Waals surface area contributed by atoms with Crippen molar-refractivity contribution in [3.05, 3.63) is 48.3 Å². The first kappa shape index (κ1) is 29.5. The molecular formula is C24H31ClFN3O3S3. The summed E-state index contributed by atoms with van der Waals surface area (Å²) in [6.07, 6.45) is 2.24. The first-order valence-electron chi connectivity index (χ1n) is 11.2. The molecular weight excluding hydrogens is 529 g/mol. The third-order valence-electron chi connectivity index (χ3n) is 5.46. The fourth-order valence-corrected chi connectivity index (χ4v) is 6.05. The Morgan fingerprint density at radius 2 is 1.77 bits per heavy atom. The zero-order valence-electron chi connectivity index (χ0n) is 20.1. The molecule has 0 atom stereocenters. The van der Waals surface area contributed by atoms with Gasteiger partial charge in [0, 0.05) is 30.7 Å². The summed E-state index contributed by atoms with van der Waals surface area (Å²) in [5.74, 6) is 0.482. The van der Waals surface area contributed by atoms with E-state index < -0.39 is 9.84 Å². The van der Waals surface area contributed by atoms with E-state index in [9.17, 15) is 17.6 Å². The van der Waals surface area contributed by atoms with Crippen LogP contribution in [0.5, 0.6) is 0 Å². The minimum Gasteiger partial charge on any atom is -0.302 e. The van der Waals surface area contributed by atoms with Crippen molar-refractivity contribution in [2.45, 2.75) is 36.5 Å². The zero-order chi connectivity index (χ0) is 24.7. The molecule has 192 valence electrons. The molecule has 2 aromatic carbocycles. The Morgan fingerprint density at radius 3 is 2.40 bits per heavy atom. The van der Waals surface area contributed by atoms with Crippen LogP contribution in [-0.2, 0) is 14.6 Å². The van der Waals surface area contributed by atoms with Gasteiger partial charge in [-0.3, -0.25) is 9.69 Å². The van der Waals surface area contributed by atoms with Crippen LogP contribution in [0.3, 0.4) is 0 Å². The predicted molar refractivity (Wildman–Crippen MR) is 146 cm³/mol. The van der Waals surface area contributed by atoms with Gasteiger partial charge in [-0.1, -0.05) is 25.2 Å². The van der Waals surface area contributed by atoms with Crippen LogP contribution in [0.2, 0.25) is 0 Å². The fourth-order valence-electron chi connectivity index (χ4n) is 3.43. The van der Waals surface area contributed by atoms with Gasteiger partial charge in [-0.05, 0) is 67.7 Å². The molecule has 1 heterocycles. The Balaban J connectivity index is 0.00000432. The van der Waals surface area contributed by atoms with Crippen LogP contribution < -0.4 is 4.90 Å². The van der Waals surface area contributed by atoms with E-state index >= 15 is 0 Å². The van der Waals surface area contributed by atoms with Gasteiger partial charge in [0.15, 0.2) is 15.0 Å². The maximum atomic E-state index is 13.2. The van der Waals surface area contributed by atoms with Crippen molar-refractivity contribution in [1.82, 2.24) is 9.88 Å². The monoisotopic (exact) mass is 559 g/mol. The normalized spacial score (nSPS) is 11.6. The molecule has 0 N–H and O–H groups in total. The van der Waals surface area contributed by atoms with Crippen molar-refractivity contribution in [3.63, 3.8) is 0 Å². The smallest absolute Gasteiger partial charge is 0.228 e. The molecule has 0 aliphatic rings. The molecule has 0 aliphatic carbocycles. The second-order valence-electron chi connectivity index (χ2n) is 7.88. The number of anilines is 1. The van der Waals surface area contributed by atoms with Gasteiger partial charge in [-0.15, -0.1) is 24.2 Å². The van der Waals surface area contributed by atoms with Gasteiger partial charge < -0.3 is 4.90 Å². The van der Waals surface area contributed by atoms with Crippen LogP contribution >= 0.6 is 35.5 Å². The molecule has 1 amide bonds. The average Bonchev–Trinajstić information content (AvgIpc) is 3.23. The summed E-state index contributed by atoms with van der Waals surface area (Å²) in [6.45, 7) is 7.21. The lowest BCUT2D eigenvalue weighted by Gasteiger charge is -2.24. The van der Waals surface area contributed by atoms with Crippen LogP contribution in [0.4, 0.5) is 9.52 Å². The van der Waals surface area contributed by atoms with E-state index in [2.05, 4.69) is 23.7 Å². The lowest BCUT2D eigenvalue weighted by atomic mass is 10.3. The molecule has 0 spiro atoms. The molecule has 6 nitrogen and oxygen atoms in total. The number of thiazole rings is 1. The first-order chi connectivity index (χ1) is 16.2. The third-order valence-corrected chi connectivity index (χ3v) is 8.71. The summed E-state index contributed by atoms with van der Waals surface area (Å²) >= 11 is 2.93. The maximum Gasteiger partial charge on any atom is 0.228 e. The number of halogens is 2. The lowest BCUT2D eigenvalue weighted by Crippen LogP contribution is -2.38. The highest BCUT2D eigenvalue weighted by Gasteiger charge is 2.21. The number of thioether (sulfide) groups is 1. The highest BCUT2D eigenvalue weighted by atomic mass is 35.5. The fraction of sp³-hybridized carbons (Fsp3) is 0.417. The van der Waals surface area contributed by atoms with Crippen LogP contribution in [0.1, 0.15) is 26.7 Å². The second kappa shape index (κ2) is 13.5. The number of amides is 1. The van der Waals surface area contributed by atoms with Gasteiger partial charge in [-0.2, -0.15) is 0 Å². The predicted octanol–water partition coefficient (Wildman–Crippen LogP) is 5.51. The molecule has 35 heavy (non-hydrogen) atoms. The van der Waals surface area contributed by atoms with Crippen LogP contribution in [-0.4, -0.2) is 62.4 Å². The number of carbonyl (C=O) groups excluding carboxylic acids is 1. The summed E-state index contributed by atoms with van der Waals surface area (Å²) in [5.41, 5.74) is 0.680. The van der Waals surface area contributed by atoms with E-state index in [1.54, 1.807) is 47.0 Å². The number of likely N-dealkylation sites (N-methyl/N-ethyl adjacent to an activating group) is 1. The van der Waals surface area contributed by atoms with Crippen LogP contribution in [0.15, 0.2) is 52.3 Å². The number of sulfone groups is 1. The summed E-state index contributed by atoms with van der Waals surface area (Å²) < 4.78 is 37.7. The lowest BCUT2D eigenvalue weighted by molar-refractivity contribution is -0.118. The number of fused-ring (bicyclic) bond motifs is 1. The average molecular weight is 560 g/mol. The van der Waals surface area contributed by atoms with Gasteiger partial charge in [0.1, 0.15) is 5.82 Å². The molecule has 3 aromatic rings. The molecule has 0 radical (unpaired) electrons. The van der Waals surface area contributed by atoms with E-state index in [0.717, 1.165) is 35.0 Å². The summed E-state index contributed by atoms with van der Waals surface area (Å²) in [5, 5.41) is 0.587. The molecule has 0 aliphatic heterocycles. The zero-order valence-corrected chi connectivity index (χ0v) is 23.3. The van der Waals surface area contributed by atoms with Gasteiger partial charge in [-0.25, -0.2) is 17.8 Å². The maximum absolute atomic E-state index is 13.2.